The molecule has 0 fully saturated rings. The molecule has 30 heavy (non-hydrogen) atoms. The summed E-state index contributed by atoms with van der Waals surface area (Å²) < 4.78 is 0. The van der Waals surface area contributed by atoms with Gasteiger partial charge in [-0.2, -0.15) is 0 Å². The number of halogens is 3. The summed E-state index contributed by atoms with van der Waals surface area (Å²) in [6.45, 7) is 8.11. The molecule has 0 aliphatic rings. The van der Waals surface area contributed by atoms with Crippen molar-refractivity contribution in [2.45, 2.75) is 27.7 Å². The molecule has 0 atom stereocenters. The van der Waals surface area contributed by atoms with Crippen LogP contribution in [0, 0.1) is 13.8 Å². The molecule has 0 unspecified atom stereocenters. The summed E-state index contributed by atoms with van der Waals surface area (Å²) in [7, 11) is 0. The van der Waals surface area contributed by atoms with Crippen LogP contribution in [-0.4, -0.2) is 16.4 Å². The second-order valence-corrected chi connectivity index (χ2v) is 6.47. The Labute approximate surface area is 209 Å². The number of benzene rings is 2. The van der Waals surface area contributed by atoms with Gasteiger partial charge in [-0.15, -0.1) is 0 Å². The van der Waals surface area contributed by atoms with Gasteiger partial charge in [0.25, 0.3) is 0 Å². The van der Waals surface area contributed by atoms with Crippen molar-refractivity contribution in [1.82, 2.24) is 4.98 Å². The minimum absolute atomic E-state index is 0. The predicted molar refractivity (Wildman–Crippen MR) is 110 cm³/mol. The van der Waals surface area contributed by atoms with Crippen molar-refractivity contribution in [2.75, 3.05) is 0 Å². The maximum atomic E-state index is 4.74. The van der Waals surface area contributed by atoms with E-state index in [2.05, 4.69) is 48.1 Å². The number of rotatable bonds is 4. The zero-order valence-electron chi connectivity index (χ0n) is 17.3. The summed E-state index contributed by atoms with van der Waals surface area (Å²) in [4.78, 5) is 14.1. The fourth-order valence-corrected chi connectivity index (χ4v) is 2.58. The van der Waals surface area contributed by atoms with Gasteiger partial charge in [0, 0.05) is 18.6 Å². The molecule has 1 aromatic heterocycles. The molecule has 0 amide bonds. The van der Waals surface area contributed by atoms with Gasteiger partial charge in [0.1, 0.15) is 0 Å². The largest absolute Gasteiger partial charge is 1.00 e. The Morgan fingerprint density at radius 2 is 0.933 bits per heavy atom. The molecule has 0 aliphatic carbocycles. The number of aromatic nitrogens is 1. The number of aliphatic imine (C=N–C) groups is 2. The van der Waals surface area contributed by atoms with Crippen LogP contribution in [0.1, 0.15) is 36.4 Å². The summed E-state index contributed by atoms with van der Waals surface area (Å²) in [6.07, 6.45) is 0. The van der Waals surface area contributed by atoms with Gasteiger partial charge in [0.2, 0.25) is 0 Å². The minimum Gasteiger partial charge on any atom is -1.00 e. The van der Waals surface area contributed by atoms with E-state index in [1.165, 1.54) is 11.1 Å². The van der Waals surface area contributed by atoms with Gasteiger partial charge in [0.05, 0.1) is 34.2 Å². The third kappa shape index (κ3) is 8.63. The zero-order valence-corrected chi connectivity index (χ0v) is 20.9. The van der Waals surface area contributed by atoms with E-state index in [1.54, 1.807) is 0 Å². The van der Waals surface area contributed by atoms with E-state index >= 15 is 0 Å². The normalized spacial score (nSPS) is 10.7. The van der Waals surface area contributed by atoms with Gasteiger partial charge in [0.15, 0.2) is 0 Å². The molecule has 0 bridgehead atoms. The number of pyridine rings is 1. The summed E-state index contributed by atoms with van der Waals surface area (Å²) in [6, 6.07) is 22.3. The van der Waals surface area contributed by atoms with E-state index in [-0.39, 0.29) is 55.8 Å². The van der Waals surface area contributed by atoms with Crippen molar-refractivity contribution in [1.29, 1.82) is 0 Å². The van der Waals surface area contributed by atoms with Crippen LogP contribution < -0.4 is 37.2 Å². The Balaban J connectivity index is 0. The molecule has 3 aromatic rings. The molecule has 2 aromatic carbocycles. The van der Waals surface area contributed by atoms with Crippen LogP contribution in [0.25, 0.3) is 0 Å². The minimum atomic E-state index is 0. The molecule has 0 spiro atoms. The van der Waals surface area contributed by atoms with Gasteiger partial charge in [-0.3, -0.25) is 9.98 Å². The Hall–Kier alpha value is -1.62. The van der Waals surface area contributed by atoms with E-state index in [0.717, 1.165) is 34.2 Å². The molecule has 7 heteroatoms. The monoisotopic (exact) mass is 497 g/mol. The van der Waals surface area contributed by atoms with E-state index in [9.17, 15) is 0 Å². The first-order valence-corrected chi connectivity index (χ1v) is 8.73. The van der Waals surface area contributed by atoms with E-state index in [1.807, 2.05) is 56.3 Å². The number of nitrogens with zero attached hydrogens (tertiary/aromatic N) is 3. The van der Waals surface area contributed by atoms with Gasteiger partial charge in [-0.1, -0.05) is 41.5 Å². The van der Waals surface area contributed by atoms with E-state index in [4.69, 9.17) is 4.98 Å². The molecule has 3 rings (SSSR count). The molecule has 1 heterocycles. The summed E-state index contributed by atoms with van der Waals surface area (Å²) in [5, 5.41) is 0. The predicted octanol–water partition coefficient (Wildman–Crippen LogP) is -3.01. The quantitative estimate of drug-likeness (QED) is 0.353. The summed E-state index contributed by atoms with van der Waals surface area (Å²) in [5.41, 5.74) is 7.82. The molecule has 0 saturated heterocycles. The van der Waals surface area contributed by atoms with Crippen LogP contribution in [0.3, 0.4) is 0 Å². The van der Waals surface area contributed by atoms with Crippen molar-refractivity contribution < 1.29 is 55.8 Å². The zero-order chi connectivity index (χ0) is 18.5. The van der Waals surface area contributed by atoms with Gasteiger partial charge >= 0.3 is 0 Å². The molecule has 1 radical (unpaired) electrons. The maximum absolute atomic E-state index is 4.74. The van der Waals surface area contributed by atoms with Crippen LogP contribution in [0.5, 0.6) is 0 Å². The van der Waals surface area contributed by atoms with Crippen molar-refractivity contribution >= 4 is 22.8 Å². The number of hydrogen-bond acceptors (Lipinski definition) is 3. The second-order valence-electron chi connectivity index (χ2n) is 6.47. The van der Waals surface area contributed by atoms with Crippen molar-refractivity contribution in [3.8, 4) is 0 Å². The fourth-order valence-electron chi connectivity index (χ4n) is 2.58. The molecule has 0 saturated carbocycles. The summed E-state index contributed by atoms with van der Waals surface area (Å²) in [5.74, 6) is 0. The van der Waals surface area contributed by atoms with Crippen LogP contribution in [0.2, 0.25) is 0 Å². The average Bonchev–Trinajstić information content (AvgIpc) is 2.65. The SMILES string of the molecule is CC(=Nc1ccc(C)cc1)c1cccc(C(C)=Nc2ccc(C)cc2)n1.[Cl-].[Cl-].[Cl-].[V]. The first-order chi connectivity index (χ1) is 12.5. The Kier molecular flexibility index (Phi) is 14.7. The molecule has 3 nitrogen and oxygen atoms in total. The Morgan fingerprint density at radius 3 is 1.27 bits per heavy atom. The number of aryl methyl sites for hydroxylation is 2. The van der Waals surface area contributed by atoms with Gasteiger partial charge < -0.3 is 37.2 Å². The first-order valence-electron chi connectivity index (χ1n) is 8.73. The molecule has 0 N–H and O–H groups in total. The van der Waals surface area contributed by atoms with Crippen LogP contribution in [-0.2, 0) is 18.6 Å². The first kappa shape index (κ1) is 30.6. The Bertz CT molecular complexity index is 893. The Morgan fingerprint density at radius 1 is 0.600 bits per heavy atom. The third-order valence-electron chi connectivity index (χ3n) is 4.15. The molecular weight excluding hydrogens is 476 g/mol. The fraction of sp³-hybridized carbons (Fsp3) is 0.174. The van der Waals surface area contributed by atoms with Crippen molar-refractivity contribution in [2.24, 2.45) is 9.98 Å². The maximum Gasteiger partial charge on any atom is 0.0849 e. The van der Waals surface area contributed by atoms with Crippen molar-refractivity contribution in [3.05, 3.63) is 89.2 Å². The standard InChI is InChI=1S/C23H23N3.3ClH.V/c1-16-8-12-20(13-9-16)24-18(3)22-6-5-7-23(26-22)19(4)25-21-14-10-17(2)11-15-21;;;;/h5-15H,1-4H3;3*1H;/p-3. The summed E-state index contributed by atoms with van der Waals surface area (Å²) >= 11 is 0. The van der Waals surface area contributed by atoms with Gasteiger partial charge in [-0.05, 0) is 64.1 Å². The van der Waals surface area contributed by atoms with E-state index < -0.39 is 0 Å². The topological polar surface area (TPSA) is 37.6 Å². The molecule has 159 valence electrons. The van der Waals surface area contributed by atoms with Crippen LogP contribution in [0.4, 0.5) is 11.4 Å². The van der Waals surface area contributed by atoms with E-state index in [0.29, 0.717) is 0 Å². The van der Waals surface area contributed by atoms with Crippen molar-refractivity contribution in [3.63, 3.8) is 0 Å². The molecular formula is C23H23Cl3N3V-3. The third-order valence-corrected chi connectivity index (χ3v) is 4.15. The smallest absolute Gasteiger partial charge is 0.0849 e. The van der Waals surface area contributed by atoms with Gasteiger partial charge in [-0.25, -0.2) is 4.98 Å². The molecule has 0 aliphatic heterocycles. The van der Waals surface area contributed by atoms with Crippen LogP contribution >= 0.6 is 0 Å². The number of hydrogen-bond donors (Lipinski definition) is 0. The second kappa shape index (κ2) is 14.4. The van der Waals surface area contributed by atoms with Crippen LogP contribution in [0.15, 0.2) is 76.7 Å². The average molecular weight is 499 g/mol.